The van der Waals surface area contributed by atoms with Crippen molar-refractivity contribution in [3.05, 3.63) is 34.7 Å². The van der Waals surface area contributed by atoms with Crippen molar-refractivity contribution in [2.75, 3.05) is 6.61 Å². The van der Waals surface area contributed by atoms with Gasteiger partial charge in [-0.1, -0.05) is 17.7 Å². The van der Waals surface area contributed by atoms with Crippen molar-refractivity contribution in [1.82, 2.24) is 0 Å². The first-order chi connectivity index (χ1) is 6.29. The van der Waals surface area contributed by atoms with Crippen LogP contribution in [0.15, 0.2) is 24.3 Å². The molecular formula is C11H12OS. The lowest BCUT2D eigenvalue weighted by Gasteiger charge is -1.89. The van der Waals surface area contributed by atoms with Crippen LogP contribution in [0.1, 0.15) is 10.4 Å². The Bertz CT molecular complexity index is 417. The summed E-state index contributed by atoms with van der Waals surface area (Å²) in [6.07, 6.45) is 0.776. The van der Waals surface area contributed by atoms with Crippen LogP contribution in [-0.4, -0.2) is 11.7 Å². The van der Waals surface area contributed by atoms with Gasteiger partial charge in [0.25, 0.3) is 0 Å². The Labute approximate surface area is 81.6 Å². The number of aryl methyl sites for hydroxylation is 1. The van der Waals surface area contributed by atoms with Gasteiger partial charge < -0.3 is 5.11 Å². The smallest absolute Gasteiger partial charge is 0.0479 e. The molecule has 0 spiro atoms. The van der Waals surface area contributed by atoms with Crippen molar-refractivity contribution >= 4 is 21.4 Å². The predicted molar refractivity (Wildman–Crippen MR) is 57.4 cm³/mol. The number of rotatable bonds is 2. The molecule has 68 valence electrons. The number of hydrogen-bond donors (Lipinski definition) is 1. The van der Waals surface area contributed by atoms with Crippen LogP contribution in [0.3, 0.4) is 0 Å². The second-order valence-electron chi connectivity index (χ2n) is 3.23. The summed E-state index contributed by atoms with van der Waals surface area (Å²) in [5.41, 5.74) is 1.29. The van der Waals surface area contributed by atoms with Gasteiger partial charge in [-0.05, 0) is 24.4 Å². The molecule has 0 amide bonds. The Balaban J connectivity index is 2.49. The number of hydrogen-bond acceptors (Lipinski definition) is 2. The molecule has 1 N–H and O–H groups in total. The highest BCUT2D eigenvalue weighted by Gasteiger charge is 2.00. The monoisotopic (exact) mass is 192 g/mol. The van der Waals surface area contributed by atoms with Crippen LogP contribution in [0, 0.1) is 6.92 Å². The van der Waals surface area contributed by atoms with E-state index in [1.165, 1.54) is 20.5 Å². The second-order valence-corrected chi connectivity index (χ2v) is 4.40. The number of aliphatic hydroxyl groups is 1. The number of aliphatic hydroxyl groups excluding tert-OH is 1. The Kier molecular flexibility index (Phi) is 2.34. The number of fused-ring (bicyclic) bond motifs is 1. The van der Waals surface area contributed by atoms with Gasteiger partial charge in [0.05, 0.1) is 0 Å². The van der Waals surface area contributed by atoms with Gasteiger partial charge in [0.15, 0.2) is 0 Å². The minimum absolute atomic E-state index is 0.242. The standard InChI is InChI=1S/C11H12OS/c1-8-2-3-11-9(6-8)7-10(13-11)4-5-12/h2-3,6-7,12H,4-5H2,1H3. The van der Waals surface area contributed by atoms with Gasteiger partial charge in [-0.25, -0.2) is 0 Å². The molecule has 2 heteroatoms. The van der Waals surface area contributed by atoms with E-state index in [1.54, 1.807) is 11.3 Å². The molecule has 13 heavy (non-hydrogen) atoms. The van der Waals surface area contributed by atoms with Gasteiger partial charge >= 0.3 is 0 Å². The molecule has 2 aromatic rings. The first-order valence-electron chi connectivity index (χ1n) is 4.39. The zero-order chi connectivity index (χ0) is 9.26. The molecule has 0 saturated carbocycles. The fraction of sp³-hybridized carbons (Fsp3) is 0.273. The molecule has 1 heterocycles. The summed E-state index contributed by atoms with van der Waals surface area (Å²) >= 11 is 1.77. The van der Waals surface area contributed by atoms with Crippen LogP contribution < -0.4 is 0 Å². The molecular weight excluding hydrogens is 180 g/mol. The highest BCUT2D eigenvalue weighted by molar-refractivity contribution is 7.19. The van der Waals surface area contributed by atoms with E-state index in [9.17, 15) is 0 Å². The van der Waals surface area contributed by atoms with E-state index in [1.807, 2.05) is 0 Å². The van der Waals surface area contributed by atoms with Crippen LogP contribution in [0.4, 0.5) is 0 Å². The van der Waals surface area contributed by atoms with Crippen LogP contribution in [0.25, 0.3) is 10.1 Å². The summed E-state index contributed by atoms with van der Waals surface area (Å²) in [5, 5.41) is 10.1. The molecule has 2 rings (SSSR count). The molecule has 0 bridgehead atoms. The number of benzene rings is 1. The van der Waals surface area contributed by atoms with E-state index in [4.69, 9.17) is 5.11 Å². The van der Waals surface area contributed by atoms with Gasteiger partial charge in [-0.2, -0.15) is 0 Å². The topological polar surface area (TPSA) is 20.2 Å². The molecule has 0 unspecified atom stereocenters. The second kappa shape index (κ2) is 3.48. The molecule has 0 fully saturated rings. The Morgan fingerprint density at radius 2 is 2.15 bits per heavy atom. The molecule has 0 aliphatic heterocycles. The van der Waals surface area contributed by atoms with Crippen molar-refractivity contribution in [3.8, 4) is 0 Å². The molecule has 0 aliphatic carbocycles. The molecule has 0 aliphatic rings. The summed E-state index contributed by atoms with van der Waals surface area (Å²) in [6, 6.07) is 8.63. The maximum absolute atomic E-state index is 8.81. The van der Waals surface area contributed by atoms with Gasteiger partial charge in [0.2, 0.25) is 0 Å². The van der Waals surface area contributed by atoms with E-state index in [-0.39, 0.29) is 6.61 Å². The fourth-order valence-corrected chi connectivity index (χ4v) is 2.48. The zero-order valence-corrected chi connectivity index (χ0v) is 8.40. The van der Waals surface area contributed by atoms with Crippen LogP contribution in [0.5, 0.6) is 0 Å². The summed E-state index contributed by atoms with van der Waals surface area (Å²) in [5.74, 6) is 0. The molecule has 1 aromatic carbocycles. The Morgan fingerprint density at radius 3 is 2.92 bits per heavy atom. The Morgan fingerprint density at radius 1 is 1.31 bits per heavy atom. The molecule has 0 saturated heterocycles. The average Bonchev–Trinajstić information content (AvgIpc) is 2.46. The van der Waals surface area contributed by atoms with E-state index in [0.717, 1.165) is 6.42 Å². The molecule has 0 radical (unpaired) electrons. The third-order valence-corrected chi connectivity index (χ3v) is 3.26. The maximum Gasteiger partial charge on any atom is 0.0479 e. The SMILES string of the molecule is Cc1ccc2sc(CCO)cc2c1. The first kappa shape index (κ1) is 8.73. The summed E-state index contributed by atoms with van der Waals surface area (Å²) in [7, 11) is 0. The van der Waals surface area contributed by atoms with Crippen molar-refractivity contribution in [3.63, 3.8) is 0 Å². The van der Waals surface area contributed by atoms with Gasteiger partial charge in [-0.3, -0.25) is 0 Å². The summed E-state index contributed by atoms with van der Waals surface area (Å²) in [4.78, 5) is 1.27. The lowest BCUT2D eigenvalue weighted by Crippen LogP contribution is -1.84. The molecule has 1 aromatic heterocycles. The van der Waals surface area contributed by atoms with Crippen LogP contribution in [0.2, 0.25) is 0 Å². The normalized spacial score (nSPS) is 10.9. The summed E-state index contributed by atoms with van der Waals surface area (Å²) < 4.78 is 1.31. The lowest BCUT2D eigenvalue weighted by atomic mass is 10.2. The Hall–Kier alpha value is -0.860. The van der Waals surface area contributed by atoms with E-state index in [0.29, 0.717) is 0 Å². The van der Waals surface area contributed by atoms with Crippen molar-refractivity contribution < 1.29 is 5.11 Å². The van der Waals surface area contributed by atoms with Gasteiger partial charge in [0.1, 0.15) is 0 Å². The minimum Gasteiger partial charge on any atom is -0.396 e. The fourth-order valence-electron chi connectivity index (χ4n) is 1.45. The van der Waals surface area contributed by atoms with E-state index < -0.39 is 0 Å². The van der Waals surface area contributed by atoms with Crippen molar-refractivity contribution in [2.24, 2.45) is 0 Å². The largest absolute Gasteiger partial charge is 0.396 e. The van der Waals surface area contributed by atoms with Crippen LogP contribution >= 0.6 is 11.3 Å². The quantitative estimate of drug-likeness (QED) is 0.775. The third-order valence-electron chi connectivity index (χ3n) is 2.08. The molecule has 1 nitrogen and oxygen atoms in total. The van der Waals surface area contributed by atoms with Gasteiger partial charge in [-0.15, -0.1) is 11.3 Å². The first-order valence-corrected chi connectivity index (χ1v) is 5.21. The molecule has 0 atom stereocenters. The van der Waals surface area contributed by atoms with Crippen LogP contribution in [-0.2, 0) is 6.42 Å². The van der Waals surface area contributed by atoms with Gasteiger partial charge in [0, 0.05) is 22.6 Å². The zero-order valence-electron chi connectivity index (χ0n) is 7.58. The predicted octanol–water partition coefficient (Wildman–Crippen LogP) is 2.74. The summed E-state index contributed by atoms with van der Waals surface area (Å²) in [6.45, 7) is 2.34. The van der Waals surface area contributed by atoms with E-state index >= 15 is 0 Å². The number of thiophene rings is 1. The highest BCUT2D eigenvalue weighted by atomic mass is 32.1. The minimum atomic E-state index is 0.242. The van der Waals surface area contributed by atoms with Crippen molar-refractivity contribution in [1.29, 1.82) is 0 Å². The highest BCUT2D eigenvalue weighted by Crippen LogP contribution is 2.26. The maximum atomic E-state index is 8.81. The van der Waals surface area contributed by atoms with Crippen molar-refractivity contribution in [2.45, 2.75) is 13.3 Å². The lowest BCUT2D eigenvalue weighted by molar-refractivity contribution is 0.300. The third kappa shape index (κ3) is 1.74. The van der Waals surface area contributed by atoms with E-state index in [2.05, 4.69) is 31.2 Å². The average molecular weight is 192 g/mol.